The highest BCUT2D eigenvalue weighted by Gasteiger charge is 2.18. The maximum atomic E-state index is 11.9. The summed E-state index contributed by atoms with van der Waals surface area (Å²) in [6.45, 7) is 1.77. The third-order valence-electron chi connectivity index (χ3n) is 2.56. The highest BCUT2D eigenvalue weighted by Crippen LogP contribution is 2.23. The Balaban J connectivity index is 2.05. The van der Waals surface area contributed by atoms with Gasteiger partial charge in [-0.1, -0.05) is 17.4 Å². The van der Waals surface area contributed by atoms with Gasteiger partial charge in [-0.15, -0.1) is 11.3 Å². The van der Waals surface area contributed by atoms with E-state index in [0.29, 0.717) is 22.1 Å². The first-order valence-corrected chi connectivity index (χ1v) is 7.68. The predicted octanol–water partition coefficient (Wildman–Crippen LogP) is 2.40. The van der Waals surface area contributed by atoms with Gasteiger partial charge in [0.05, 0.1) is 12.1 Å². The zero-order valence-corrected chi connectivity index (χ0v) is 13.1. The molecule has 0 aliphatic rings. The van der Waals surface area contributed by atoms with E-state index in [-0.39, 0.29) is 11.8 Å². The Labute approximate surface area is 125 Å². The van der Waals surface area contributed by atoms with Gasteiger partial charge < -0.3 is 10.2 Å². The van der Waals surface area contributed by atoms with E-state index in [1.807, 2.05) is 17.5 Å². The van der Waals surface area contributed by atoms with Gasteiger partial charge in [-0.3, -0.25) is 9.59 Å². The Kier molecular flexibility index (Phi) is 4.51. The van der Waals surface area contributed by atoms with Crippen molar-refractivity contribution in [2.75, 3.05) is 19.4 Å². The molecule has 0 saturated carbocycles. The number of amides is 2. The highest BCUT2D eigenvalue weighted by molar-refractivity contribution is 7.17. The molecule has 2 rings (SSSR count). The van der Waals surface area contributed by atoms with Crippen LogP contribution in [-0.4, -0.2) is 35.8 Å². The number of nitrogens with one attached hydrogen (secondary N) is 1. The summed E-state index contributed by atoms with van der Waals surface area (Å²) in [7, 11) is 3.38. The van der Waals surface area contributed by atoms with E-state index in [4.69, 9.17) is 0 Å². The number of thiazole rings is 1. The van der Waals surface area contributed by atoms with E-state index in [1.165, 1.54) is 16.2 Å². The summed E-state index contributed by atoms with van der Waals surface area (Å²) >= 11 is 2.75. The van der Waals surface area contributed by atoms with Crippen molar-refractivity contribution in [2.45, 2.75) is 13.3 Å². The average molecular weight is 309 g/mol. The van der Waals surface area contributed by atoms with Crippen molar-refractivity contribution in [3.8, 4) is 0 Å². The zero-order chi connectivity index (χ0) is 14.7. The van der Waals surface area contributed by atoms with E-state index in [0.717, 1.165) is 4.88 Å². The monoisotopic (exact) mass is 309 g/mol. The standard InChI is InChI=1S/C13H15N3O2S2/c1-8-11(12(18)16(2)3)20-13(14-8)15-10(17)7-9-5-4-6-19-9/h4-6H,7H2,1-3H3,(H,14,15,17). The van der Waals surface area contributed by atoms with Crippen LogP contribution in [0.5, 0.6) is 0 Å². The molecule has 2 heterocycles. The Bertz CT molecular complexity index is 618. The van der Waals surface area contributed by atoms with Crippen molar-refractivity contribution in [3.05, 3.63) is 33.0 Å². The minimum absolute atomic E-state index is 0.0984. The number of carbonyl (C=O) groups excluding carboxylic acids is 2. The maximum Gasteiger partial charge on any atom is 0.265 e. The van der Waals surface area contributed by atoms with Crippen molar-refractivity contribution >= 4 is 39.6 Å². The van der Waals surface area contributed by atoms with Crippen LogP contribution in [0.25, 0.3) is 0 Å². The molecular formula is C13H15N3O2S2. The lowest BCUT2D eigenvalue weighted by molar-refractivity contribution is -0.115. The summed E-state index contributed by atoms with van der Waals surface area (Å²) < 4.78 is 0. The Morgan fingerprint density at radius 3 is 2.75 bits per heavy atom. The summed E-state index contributed by atoms with van der Waals surface area (Å²) in [5.74, 6) is -0.219. The summed E-state index contributed by atoms with van der Waals surface area (Å²) in [6.07, 6.45) is 0.327. The molecule has 0 atom stereocenters. The number of hydrogen-bond donors (Lipinski definition) is 1. The first kappa shape index (κ1) is 14.7. The average Bonchev–Trinajstić information content (AvgIpc) is 2.98. The van der Waals surface area contributed by atoms with E-state index in [1.54, 1.807) is 32.4 Å². The van der Waals surface area contributed by atoms with E-state index >= 15 is 0 Å². The van der Waals surface area contributed by atoms with Gasteiger partial charge in [0.1, 0.15) is 4.88 Å². The molecular weight excluding hydrogens is 294 g/mol. The molecule has 0 bridgehead atoms. The van der Waals surface area contributed by atoms with Gasteiger partial charge in [0.2, 0.25) is 5.91 Å². The molecule has 106 valence electrons. The topological polar surface area (TPSA) is 62.3 Å². The zero-order valence-electron chi connectivity index (χ0n) is 11.5. The fraction of sp³-hybridized carbons (Fsp3) is 0.308. The number of aromatic nitrogens is 1. The van der Waals surface area contributed by atoms with Crippen molar-refractivity contribution < 1.29 is 9.59 Å². The number of hydrogen-bond acceptors (Lipinski definition) is 5. The summed E-state index contributed by atoms with van der Waals surface area (Å²) in [4.78, 5) is 31.1. The van der Waals surface area contributed by atoms with Gasteiger partial charge in [-0.25, -0.2) is 4.98 Å². The molecule has 0 spiro atoms. The molecule has 0 unspecified atom stereocenters. The molecule has 0 saturated heterocycles. The fourth-order valence-electron chi connectivity index (χ4n) is 1.59. The van der Waals surface area contributed by atoms with Crippen LogP contribution >= 0.6 is 22.7 Å². The van der Waals surface area contributed by atoms with E-state index in [2.05, 4.69) is 10.3 Å². The summed E-state index contributed by atoms with van der Waals surface area (Å²) in [5.41, 5.74) is 0.639. The molecule has 2 amide bonds. The van der Waals surface area contributed by atoms with E-state index < -0.39 is 0 Å². The second kappa shape index (κ2) is 6.15. The van der Waals surface area contributed by atoms with Crippen LogP contribution in [0.1, 0.15) is 20.2 Å². The SMILES string of the molecule is Cc1nc(NC(=O)Cc2cccs2)sc1C(=O)N(C)C. The van der Waals surface area contributed by atoms with Gasteiger partial charge in [0.15, 0.2) is 5.13 Å². The molecule has 2 aromatic rings. The minimum atomic E-state index is -0.120. The molecule has 7 heteroatoms. The fourth-order valence-corrected chi connectivity index (χ4v) is 3.29. The Morgan fingerprint density at radius 2 is 2.15 bits per heavy atom. The van der Waals surface area contributed by atoms with Gasteiger partial charge in [-0.2, -0.15) is 0 Å². The number of aryl methyl sites for hydroxylation is 1. The molecule has 1 N–H and O–H groups in total. The van der Waals surface area contributed by atoms with Crippen LogP contribution < -0.4 is 5.32 Å². The summed E-state index contributed by atoms with van der Waals surface area (Å²) in [5, 5.41) is 5.14. The lowest BCUT2D eigenvalue weighted by Gasteiger charge is -2.07. The molecule has 0 aliphatic heterocycles. The van der Waals surface area contributed by atoms with Crippen LogP contribution in [0, 0.1) is 6.92 Å². The van der Waals surface area contributed by atoms with Gasteiger partial charge in [0.25, 0.3) is 5.91 Å². The molecule has 0 aromatic carbocycles. The first-order chi connectivity index (χ1) is 9.47. The van der Waals surface area contributed by atoms with Gasteiger partial charge in [0, 0.05) is 19.0 Å². The largest absolute Gasteiger partial charge is 0.344 e. The number of rotatable bonds is 4. The predicted molar refractivity (Wildman–Crippen MR) is 81.5 cm³/mol. The minimum Gasteiger partial charge on any atom is -0.344 e. The molecule has 0 aliphatic carbocycles. The van der Waals surface area contributed by atoms with Crippen molar-refractivity contribution in [1.82, 2.24) is 9.88 Å². The molecule has 2 aromatic heterocycles. The molecule has 20 heavy (non-hydrogen) atoms. The van der Waals surface area contributed by atoms with Crippen LogP contribution in [0.15, 0.2) is 17.5 Å². The lowest BCUT2D eigenvalue weighted by Crippen LogP contribution is -2.21. The van der Waals surface area contributed by atoms with Crippen LogP contribution in [0.2, 0.25) is 0 Å². The number of carbonyl (C=O) groups is 2. The van der Waals surface area contributed by atoms with Crippen molar-refractivity contribution in [1.29, 1.82) is 0 Å². The van der Waals surface area contributed by atoms with E-state index in [9.17, 15) is 9.59 Å². The second-order valence-corrected chi connectivity index (χ2v) is 6.47. The Hall–Kier alpha value is -1.73. The number of nitrogens with zero attached hydrogens (tertiary/aromatic N) is 2. The normalized spacial score (nSPS) is 10.3. The highest BCUT2D eigenvalue weighted by atomic mass is 32.1. The number of thiophene rings is 1. The summed E-state index contributed by atoms with van der Waals surface area (Å²) in [6, 6.07) is 3.83. The van der Waals surface area contributed by atoms with Crippen molar-refractivity contribution in [3.63, 3.8) is 0 Å². The van der Waals surface area contributed by atoms with Gasteiger partial charge >= 0.3 is 0 Å². The second-order valence-electron chi connectivity index (χ2n) is 4.44. The Morgan fingerprint density at radius 1 is 1.40 bits per heavy atom. The number of anilines is 1. The molecule has 0 fully saturated rings. The van der Waals surface area contributed by atoms with Crippen LogP contribution in [0.4, 0.5) is 5.13 Å². The molecule has 0 radical (unpaired) electrons. The van der Waals surface area contributed by atoms with Crippen LogP contribution in [-0.2, 0) is 11.2 Å². The third-order valence-corrected chi connectivity index (χ3v) is 4.50. The first-order valence-electron chi connectivity index (χ1n) is 5.98. The van der Waals surface area contributed by atoms with Crippen LogP contribution in [0.3, 0.4) is 0 Å². The maximum absolute atomic E-state index is 11.9. The van der Waals surface area contributed by atoms with Crippen molar-refractivity contribution in [2.24, 2.45) is 0 Å². The smallest absolute Gasteiger partial charge is 0.265 e. The lowest BCUT2D eigenvalue weighted by atomic mass is 10.3. The molecule has 5 nitrogen and oxygen atoms in total. The van der Waals surface area contributed by atoms with Gasteiger partial charge in [-0.05, 0) is 18.4 Å². The quantitative estimate of drug-likeness (QED) is 0.943. The third kappa shape index (κ3) is 3.43.